The van der Waals surface area contributed by atoms with Crippen LogP contribution in [0.5, 0.6) is 6.01 Å². The Morgan fingerprint density at radius 2 is 2.03 bits per heavy atom. The number of anilines is 1. The van der Waals surface area contributed by atoms with Crippen LogP contribution in [0.2, 0.25) is 0 Å². The predicted molar refractivity (Wildman–Crippen MR) is 123 cm³/mol. The monoisotopic (exact) mass is 448 g/mol. The molecule has 10 heteroatoms. The smallest absolute Gasteiger partial charge is 0.327 e. The zero-order valence-electron chi connectivity index (χ0n) is 19.3. The number of H-pyrrole nitrogens is 1. The van der Waals surface area contributed by atoms with Crippen molar-refractivity contribution in [3.63, 3.8) is 0 Å². The number of imidazole rings is 1. The molecule has 3 rings (SSSR count). The molecule has 1 saturated heterocycles. The number of ether oxygens (including phenoxy) is 2. The summed E-state index contributed by atoms with van der Waals surface area (Å²) in [7, 11) is 1.45. The molecule has 3 heterocycles. The number of nitrogens with two attached hydrogens (primary N) is 1. The molecule has 1 unspecified atom stereocenters. The molecule has 1 aliphatic rings. The highest BCUT2D eigenvalue weighted by molar-refractivity contribution is 5.81. The van der Waals surface area contributed by atoms with Crippen molar-refractivity contribution in [3.05, 3.63) is 10.5 Å². The van der Waals surface area contributed by atoms with Crippen LogP contribution in [0, 0.1) is 5.92 Å². The molecule has 0 radical (unpaired) electrons. The lowest BCUT2D eigenvalue weighted by Gasteiger charge is -2.32. The van der Waals surface area contributed by atoms with Crippen molar-refractivity contribution < 1.29 is 14.3 Å². The molecule has 178 valence electrons. The summed E-state index contributed by atoms with van der Waals surface area (Å²) in [5.41, 5.74) is 6.73. The van der Waals surface area contributed by atoms with Crippen molar-refractivity contribution in [2.45, 2.75) is 64.8 Å². The number of hydrogen-bond acceptors (Lipinski definition) is 8. The van der Waals surface area contributed by atoms with E-state index in [1.54, 1.807) is 4.57 Å². The second kappa shape index (κ2) is 11.8. The minimum absolute atomic E-state index is 0.121. The minimum atomic E-state index is -0.228. The van der Waals surface area contributed by atoms with Gasteiger partial charge in [-0.25, -0.2) is 4.79 Å². The van der Waals surface area contributed by atoms with E-state index < -0.39 is 0 Å². The fourth-order valence-corrected chi connectivity index (χ4v) is 4.23. The Balaban J connectivity index is 1.49. The van der Waals surface area contributed by atoms with Crippen molar-refractivity contribution in [2.24, 2.45) is 5.92 Å². The molecule has 2 aromatic rings. The summed E-state index contributed by atoms with van der Waals surface area (Å²) >= 11 is 0. The first-order chi connectivity index (χ1) is 15.5. The lowest BCUT2D eigenvalue weighted by atomic mass is 9.94. The van der Waals surface area contributed by atoms with Crippen LogP contribution in [-0.4, -0.2) is 63.7 Å². The largest absolute Gasteiger partial charge is 0.469 e. The van der Waals surface area contributed by atoms with E-state index in [4.69, 9.17) is 15.2 Å². The molecule has 0 spiro atoms. The molecule has 0 aliphatic carbocycles. The predicted octanol–water partition coefficient (Wildman–Crippen LogP) is 2.33. The van der Waals surface area contributed by atoms with Crippen molar-refractivity contribution in [3.8, 4) is 6.01 Å². The van der Waals surface area contributed by atoms with Gasteiger partial charge in [-0.05, 0) is 51.1 Å². The molecule has 10 nitrogen and oxygen atoms in total. The highest BCUT2D eigenvalue weighted by Gasteiger charge is 2.22. The zero-order chi connectivity index (χ0) is 22.9. The Kier molecular flexibility index (Phi) is 8.90. The molecule has 1 fully saturated rings. The van der Waals surface area contributed by atoms with Crippen LogP contribution >= 0.6 is 0 Å². The van der Waals surface area contributed by atoms with E-state index in [1.807, 2.05) is 0 Å². The molecule has 0 aromatic carbocycles. The number of aromatic nitrogens is 4. The van der Waals surface area contributed by atoms with Crippen LogP contribution in [0.15, 0.2) is 4.79 Å². The van der Waals surface area contributed by atoms with Crippen molar-refractivity contribution in [1.82, 2.24) is 24.4 Å². The van der Waals surface area contributed by atoms with Crippen LogP contribution in [0.1, 0.15) is 58.3 Å². The number of esters is 1. The highest BCUT2D eigenvalue weighted by atomic mass is 16.5. The van der Waals surface area contributed by atoms with Crippen molar-refractivity contribution >= 4 is 23.0 Å². The molecule has 0 saturated carbocycles. The lowest BCUT2D eigenvalue weighted by molar-refractivity contribution is -0.142. The Labute approximate surface area is 188 Å². The Morgan fingerprint density at radius 3 is 2.81 bits per heavy atom. The Morgan fingerprint density at radius 1 is 1.22 bits per heavy atom. The minimum Gasteiger partial charge on any atom is -0.469 e. The maximum absolute atomic E-state index is 12.4. The second-order valence-corrected chi connectivity index (χ2v) is 8.52. The standard InChI is InChI=1S/C22H36N6O4/c1-3-4-13-32-21-25-19(23)18-20(26-21)28(22(30)24-18)12-7-5-6-10-27-11-8-9-16(15-27)14-17(29)31-2/h16H,3-15H2,1-2H3,(H,24,30)(H2,23,25,26). The van der Waals surface area contributed by atoms with Gasteiger partial charge in [0.1, 0.15) is 5.52 Å². The van der Waals surface area contributed by atoms with E-state index >= 15 is 0 Å². The van der Waals surface area contributed by atoms with E-state index in [0.717, 1.165) is 64.6 Å². The number of likely N-dealkylation sites (tertiary alicyclic amines) is 1. The SMILES string of the molecule is CCCCOc1nc(N)c2[nH]c(=O)n(CCCCCN3CCCC(CC(=O)OC)C3)c2n1. The molecule has 1 aliphatic heterocycles. The van der Waals surface area contributed by atoms with E-state index in [1.165, 1.54) is 7.11 Å². The number of piperidine rings is 1. The number of rotatable bonds is 12. The number of aryl methyl sites for hydroxylation is 1. The summed E-state index contributed by atoms with van der Waals surface area (Å²) in [6, 6.07) is 0.211. The third-order valence-corrected chi connectivity index (χ3v) is 6.00. The van der Waals surface area contributed by atoms with Gasteiger partial charge < -0.3 is 25.1 Å². The van der Waals surface area contributed by atoms with Gasteiger partial charge >= 0.3 is 17.7 Å². The van der Waals surface area contributed by atoms with Crippen LogP contribution in [0.3, 0.4) is 0 Å². The molecule has 3 N–H and O–H groups in total. The van der Waals surface area contributed by atoms with Crippen molar-refractivity contribution in [1.29, 1.82) is 0 Å². The average molecular weight is 449 g/mol. The number of nitrogens with zero attached hydrogens (tertiary/aromatic N) is 4. The van der Waals surface area contributed by atoms with Crippen LogP contribution in [0.4, 0.5) is 5.82 Å². The molecule has 32 heavy (non-hydrogen) atoms. The molecule has 0 amide bonds. The number of nitrogen functional groups attached to an aromatic ring is 1. The Bertz CT molecular complexity index is 940. The van der Waals surface area contributed by atoms with Gasteiger partial charge in [0.2, 0.25) is 0 Å². The summed E-state index contributed by atoms with van der Waals surface area (Å²) in [5, 5.41) is 0. The number of aromatic amines is 1. The van der Waals surface area contributed by atoms with E-state index in [0.29, 0.717) is 36.7 Å². The topological polar surface area (TPSA) is 128 Å². The lowest BCUT2D eigenvalue weighted by Crippen LogP contribution is -2.37. The number of unbranched alkanes of at least 4 members (excludes halogenated alkanes) is 3. The Hall–Kier alpha value is -2.62. The first kappa shape index (κ1) is 24.0. The van der Waals surface area contributed by atoms with Gasteiger partial charge in [-0.15, -0.1) is 0 Å². The van der Waals surface area contributed by atoms with Gasteiger partial charge in [0.15, 0.2) is 11.5 Å². The number of carbonyl (C=O) groups is 1. The summed E-state index contributed by atoms with van der Waals surface area (Å²) in [6.07, 6.45) is 7.54. The van der Waals surface area contributed by atoms with E-state index in [9.17, 15) is 9.59 Å². The fraction of sp³-hybridized carbons (Fsp3) is 0.727. The second-order valence-electron chi connectivity index (χ2n) is 8.52. The summed E-state index contributed by atoms with van der Waals surface area (Å²) < 4.78 is 12.0. The maximum atomic E-state index is 12.4. The number of hydrogen-bond donors (Lipinski definition) is 2. The average Bonchev–Trinajstić information content (AvgIpc) is 3.10. The number of methoxy groups -OCH3 is 1. The van der Waals surface area contributed by atoms with Crippen LogP contribution < -0.4 is 16.2 Å². The first-order valence-electron chi connectivity index (χ1n) is 11.7. The van der Waals surface area contributed by atoms with E-state index in [-0.39, 0.29) is 23.5 Å². The van der Waals surface area contributed by atoms with Crippen LogP contribution in [-0.2, 0) is 16.1 Å². The van der Waals surface area contributed by atoms with Gasteiger partial charge in [-0.1, -0.05) is 19.8 Å². The first-order valence-corrected chi connectivity index (χ1v) is 11.7. The molecule has 1 atom stereocenters. The zero-order valence-corrected chi connectivity index (χ0v) is 19.3. The summed E-state index contributed by atoms with van der Waals surface area (Å²) in [4.78, 5) is 37.7. The van der Waals surface area contributed by atoms with E-state index in [2.05, 4.69) is 26.8 Å². The molecular formula is C22H36N6O4. The van der Waals surface area contributed by atoms with Gasteiger partial charge in [0.05, 0.1) is 13.7 Å². The van der Waals surface area contributed by atoms with Gasteiger partial charge in [0.25, 0.3) is 0 Å². The third-order valence-electron chi connectivity index (χ3n) is 6.00. The molecular weight excluding hydrogens is 412 g/mol. The highest BCUT2D eigenvalue weighted by Crippen LogP contribution is 2.21. The number of carbonyl (C=O) groups excluding carboxylic acids is 1. The van der Waals surface area contributed by atoms with Gasteiger partial charge in [-0.3, -0.25) is 9.36 Å². The van der Waals surface area contributed by atoms with Gasteiger partial charge in [0, 0.05) is 19.5 Å². The molecule has 0 bridgehead atoms. The normalized spacial score (nSPS) is 17.0. The maximum Gasteiger partial charge on any atom is 0.327 e. The number of nitrogens with one attached hydrogen (secondary N) is 1. The fourth-order valence-electron chi connectivity index (χ4n) is 4.23. The third kappa shape index (κ3) is 6.44. The molecule has 2 aromatic heterocycles. The number of fused-ring (bicyclic) bond motifs is 1. The summed E-state index contributed by atoms with van der Waals surface area (Å²) in [6.45, 7) is 6.20. The van der Waals surface area contributed by atoms with Gasteiger partial charge in [-0.2, -0.15) is 9.97 Å². The van der Waals surface area contributed by atoms with Crippen molar-refractivity contribution in [2.75, 3.05) is 39.1 Å². The quantitative estimate of drug-likeness (QED) is 0.374. The summed E-state index contributed by atoms with van der Waals surface area (Å²) in [5.74, 6) is 0.494. The van der Waals surface area contributed by atoms with Crippen LogP contribution in [0.25, 0.3) is 11.2 Å².